The summed E-state index contributed by atoms with van der Waals surface area (Å²) in [5.41, 5.74) is 0.981. The summed E-state index contributed by atoms with van der Waals surface area (Å²) in [7, 11) is 0. The lowest BCUT2D eigenvalue weighted by Crippen LogP contribution is -1.88. The van der Waals surface area contributed by atoms with E-state index in [0.29, 0.717) is 6.10 Å². The van der Waals surface area contributed by atoms with Gasteiger partial charge in [-0.3, -0.25) is 0 Å². The van der Waals surface area contributed by atoms with Crippen LogP contribution in [0.5, 0.6) is 0 Å². The number of nitrogens with zero attached hydrogens (tertiary/aromatic N) is 1. The summed E-state index contributed by atoms with van der Waals surface area (Å²) >= 11 is 1.62. The van der Waals surface area contributed by atoms with Crippen molar-refractivity contribution < 1.29 is 9.15 Å². The summed E-state index contributed by atoms with van der Waals surface area (Å²) in [4.78, 5) is 4.25. The number of aryl methyl sites for hydroxylation is 2. The highest BCUT2D eigenvalue weighted by Gasteiger charge is 2.23. The molecule has 1 aromatic rings. The molecule has 1 fully saturated rings. The molecule has 3 nitrogen and oxygen atoms in total. The summed E-state index contributed by atoms with van der Waals surface area (Å²) in [6, 6.07) is 0. The van der Waals surface area contributed by atoms with E-state index in [4.69, 9.17) is 9.15 Å². The molecule has 1 aliphatic rings. The Bertz CT molecular complexity index is 261. The van der Waals surface area contributed by atoms with Crippen molar-refractivity contribution in [2.24, 2.45) is 0 Å². The maximum atomic E-state index is 5.39. The van der Waals surface area contributed by atoms with Crippen molar-refractivity contribution >= 4 is 11.8 Å². The largest absolute Gasteiger partial charge is 0.437 e. The molecule has 1 unspecified atom stereocenters. The molecule has 1 aliphatic heterocycles. The maximum Gasteiger partial charge on any atom is 0.256 e. The van der Waals surface area contributed by atoms with Gasteiger partial charge in [-0.2, -0.15) is 0 Å². The van der Waals surface area contributed by atoms with Gasteiger partial charge in [0.2, 0.25) is 0 Å². The molecule has 0 aromatic carbocycles. The van der Waals surface area contributed by atoms with E-state index in [1.807, 2.05) is 13.8 Å². The Morgan fingerprint density at radius 3 is 2.83 bits per heavy atom. The molecule has 1 atom stereocenters. The van der Waals surface area contributed by atoms with Crippen molar-refractivity contribution in [3.63, 3.8) is 0 Å². The van der Waals surface area contributed by atoms with E-state index in [-0.39, 0.29) is 0 Å². The molecule has 0 aliphatic carbocycles. The Balaban J connectivity index is 1.93. The van der Waals surface area contributed by atoms with Crippen LogP contribution in [0.25, 0.3) is 0 Å². The number of hydrogen-bond acceptors (Lipinski definition) is 4. The first kappa shape index (κ1) is 8.13. The highest BCUT2D eigenvalue weighted by molar-refractivity contribution is 7.99. The smallest absolute Gasteiger partial charge is 0.256 e. The fraction of sp³-hybridized carbons (Fsp3) is 0.625. The Kier molecular flexibility index (Phi) is 2.11. The second-order valence-electron chi connectivity index (χ2n) is 2.89. The second kappa shape index (κ2) is 3.11. The second-order valence-corrected chi connectivity index (χ2v) is 3.86. The SMILES string of the molecule is Cc1nc(SCC2CO2)oc1C. The maximum absolute atomic E-state index is 5.39. The molecular formula is C8H11NO2S. The Morgan fingerprint density at radius 1 is 1.58 bits per heavy atom. The van der Waals surface area contributed by atoms with Gasteiger partial charge < -0.3 is 9.15 Å². The molecule has 0 N–H and O–H groups in total. The van der Waals surface area contributed by atoms with Crippen LogP contribution in [0, 0.1) is 13.8 Å². The first-order valence-electron chi connectivity index (χ1n) is 3.94. The van der Waals surface area contributed by atoms with Gasteiger partial charge in [0.25, 0.3) is 5.22 Å². The van der Waals surface area contributed by atoms with Crippen LogP contribution in [-0.2, 0) is 4.74 Å². The van der Waals surface area contributed by atoms with E-state index >= 15 is 0 Å². The van der Waals surface area contributed by atoms with Crippen LogP contribution in [0.15, 0.2) is 9.64 Å². The number of hydrogen-bond donors (Lipinski definition) is 0. The third-order valence-corrected chi connectivity index (χ3v) is 2.76. The molecule has 0 spiro atoms. The topological polar surface area (TPSA) is 38.6 Å². The molecule has 0 saturated carbocycles. The summed E-state index contributed by atoms with van der Waals surface area (Å²) in [6.45, 7) is 4.78. The quantitative estimate of drug-likeness (QED) is 0.531. The van der Waals surface area contributed by atoms with Crippen LogP contribution in [-0.4, -0.2) is 23.4 Å². The van der Waals surface area contributed by atoms with Crippen molar-refractivity contribution in [3.05, 3.63) is 11.5 Å². The molecule has 1 aromatic heterocycles. The molecular weight excluding hydrogens is 174 g/mol. The molecule has 0 radical (unpaired) electrons. The Hall–Kier alpha value is -0.480. The van der Waals surface area contributed by atoms with Crippen molar-refractivity contribution in [1.82, 2.24) is 4.98 Å². The fourth-order valence-corrected chi connectivity index (χ4v) is 1.74. The van der Waals surface area contributed by atoms with E-state index in [2.05, 4.69) is 4.98 Å². The van der Waals surface area contributed by atoms with Gasteiger partial charge in [0.15, 0.2) is 0 Å². The van der Waals surface area contributed by atoms with Crippen molar-refractivity contribution in [1.29, 1.82) is 0 Å². The molecule has 0 bridgehead atoms. The summed E-state index contributed by atoms with van der Waals surface area (Å²) < 4.78 is 10.5. The van der Waals surface area contributed by atoms with Gasteiger partial charge in [-0.15, -0.1) is 0 Å². The number of epoxide rings is 1. The van der Waals surface area contributed by atoms with Crippen LogP contribution < -0.4 is 0 Å². The first-order chi connectivity index (χ1) is 5.75. The minimum atomic E-state index is 0.433. The van der Waals surface area contributed by atoms with Crippen LogP contribution in [0.2, 0.25) is 0 Å². The van der Waals surface area contributed by atoms with Crippen molar-refractivity contribution in [3.8, 4) is 0 Å². The van der Waals surface area contributed by atoms with E-state index < -0.39 is 0 Å². The summed E-state index contributed by atoms with van der Waals surface area (Å²) in [5.74, 6) is 1.87. The van der Waals surface area contributed by atoms with Gasteiger partial charge in [-0.05, 0) is 13.8 Å². The van der Waals surface area contributed by atoms with E-state index in [0.717, 1.165) is 29.0 Å². The zero-order valence-electron chi connectivity index (χ0n) is 7.16. The summed E-state index contributed by atoms with van der Waals surface area (Å²) in [6.07, 6.45) is 0.433. The number of thioether (sulfide) groups is 1. The molecule has 2 rings (SSSR count). The number of rotatable bonds is 3. The zero-order chi connectivity index (χ0) is 8.55. The van der Waals surface area contributed by atoms with Gasteiger partial charge >= 0.3 is 0 Å². The number of aromatic nitrogens is 1. The summed E-state index contributed by atoms with van der Waals surface area (Å²) in [5, 5.41) is 0.764. The van der Waals surface area contributed by atoms with E-state index in [9.17, 15) is 0 Å². The minimum Gasteiger partial charge on any atom is -0.437 e. The molecule has 1 saturated heterocycles. The van der Waals surface area contributed by atoms with Gasteiger partial charge in [0.05, 0.1) is 18.4 Å². The monoisotopic (exact) mass is 185 g/mol. The predicted molar refractivity (Wildman–Crippen MR) is 46.4 cm³/mol. The lowest BCUT2D eigenvalue weighted by molar-refractivity contribution is 0.419. The molecule has 2 heterocycles. The van der Waals surface area contributed by atoms with Crippen LogP contribution in [0.1, 0.15) is 11.5 Å². The lowest BCUT2D eigenvalue weighted by Gasteiger charge is -1.89. The Labute approximate surface area is 75.5 Å². The van der Waals surface area contributed by atoms with Crippen molar-refractivity contribution in [2.45, 2.75) is 25.2 Å². The predicted octanol–water partition coefficient (Wildman–Crippen LogP) is 1.78. The van der Waals surface area contributed by atoms with E-state index in [1.54, 1.807) is 11.8 Å². The average molecular weight is 185 g/mol. The van der Waals surface area contributed by atoms with Crippen molar-refractivity contribution in [2.75, 3.05) is 12.4 Å². The van der Waals surface area contributed by atoms with Gasteiger partial charge in [-0.25, -0.2) is 4.98 Å². The average Bonchev–Trinajstić information content (AvgIpc) is 2.78. The third-order valence-electron chi connectivity index (χ3n) is 1.80. The van der Waals surface area contributed by atoms with Gasteiger partial charge in [0.1, 0.15) is 5.76 Å². The Morgan fingerprint density at radius 2 is 2.33 bits per heavy atom. The molecule has 0 amide bonds. The van der Waals surface area contributed by atoms with E-state index in [1.165, 1.54) is 0 Å². The zero-order valence-corrected chi connectivity index (χ0v) is 7.98. The third kappa shape index (κ3) is 1.81. The molecule has 4 heteroatoms. The highest BCUT2D eigenvalue weighted by atomic mass is 32.2. The van der Waals surface area contributed by atoms with Gasteiger partial charge in [0, 0.05) is 5.75 Å². The first-order valence-corrected chi connectivity index (χ1v) is 4.92. The molecule has 12 heavy (non-hydrogen) atoms. The lowest BCUT2D eigenvalue weighted by atomic mass is 10.4. The fourth-order valence-electron chi connectivity index (χ4n) is 0.834. The molecule has 66 valence electrons. The highest BCUT2D eigenvalue weighted by Crippen LogP contribution is 2.24. The van der Waals surface area contributed by atoms with Gasteiger partial charge in [-0.1, -0.05) is 11.8 Å². The normalized spacial score (nSPS) is 21.3. The number of ether oxygens (including phenoxy) is 1. The van der Waals surface area contributed by atoms with Crippen LogP contribution in [0.3, 0.4) is 0 Å². The minimum absolute atomic E-state index is 0.433. The van der Waals surface area contributed by atoms with Crippen LogP contribution in [0.4, 0.5) is 0 Å². The van der Waals surface area contributed by atoms with Crippen LogP contribution >= 0.6 is 11.8 Å². The number of oxazole rings is 1. The standard InChI is InChI=1S/C8H11NO2S/c1-5-6(2)11-8(9-5)12-4-7-3-10-7/h7H,3-4H2,1-2H3.